The predicted octanol–water partition coefficient (Wildman–Crippen LogP) is 0.974. The summed E-state index contributed by atoms with van der Waals surface area (Å²) in [7, 11) is 0. The second-order valence-electron chi connectivity index (χ2n) is 5.58. The van der Waals surface area contributed by atoms with Crippen LogP contribution in [0.15, 0.2) is 15.8 Å². The topological polar surface area (TPSA) is 90.4 Å². The van der Waals surface area contributed by atoms with Gasteiger partial charge in [-0.1, -0.05) is 20.8 Å². The molecule has 1 aromatic heterocycles. The summed E-state index contributed by atoms with van der Waals surface area (Å²) in [5, 5.41) is 0. The first-order valence-corrected chi connectivity index (χ1v) is 7.56. The van der Waals surface area contributed by atoms with Gasteiger partial charge in [0.05, 0.1) is 6.10 Å². The minimum absolute atomic E-state index is 0.0391. The maximum atomic E-state index is 12.1. The Morgan fingerprint density at radius 1 is 1.41 bits per heavy atom. The lowest BCUT2D eigenvalue weighted by molar-refractivity contribution is -0.153. The fourth-order valence-electron chi connectivity index (χ4n) is 2.87. The predicted molar refractivity (Wildman–Crippen MR) is 79.6 cm³/mol. The van der Waals surface area contributed by atoms with Crippen LogP contribution in [0.25, 0.3) is 0 Å². The van der Waals surface area contributed by atoms with E-state index in [1.165, 1.54) is 17.7 Å². The molecule has 1 N–H and O–H groups in total. The van der Waals surface area contributed by atoms with E-state index in [9.17, 15) is 14.4 Å². The average molecular weight is 310 g/mol. The van der Waals surface area contributed by atoms with Crippen LogP contribution >= 0.6 is 0 Å². The first kappa shape index (κ1) is 16.5. The van der Waals surface area contributed by atoms with Crippen molar-refractivity contribution in [2.75, 3.05) is 0 Å². The Morgan fingerprint density at radius 2 is 2.09 bits per heavy atom. The molecular formula is C15H22N2O5. The lowest BCUT2D eigenvalue weighted by atomic mass is 9.98. The number of carbonyl (C=O) groups is 1. The Kier molecular flexibility index (Phi) is 4.85. The highest BCUT2D eigenvalue weighted by Gasteiger charge is 2.44. The number of H-pyrrole nitrogens is 1. The van der Waals surface area contributed by atoms with Crippen LogP contribution in [0.1, 0.15) is 45.9 Å². The van der Waals surface area contributed by atoms with Crippen molar-refractivity contribution < 1.29 is 14.3 Å². The lowest BCUT2D eigenvalue weighted by Gasteiger charge is -2.22. The Labute approximate surface area is 128 Å². The van der Waals surface area contributed by atoms with Crippen LogP contribution < -0.4 is 11.2 Å². The number of carbonyl (C=O) groups excluding carboxylic acids is 1. The highest BCUT2D eigenvalue weighted by molar-refractivity contribution is 5.66. The van der Waals surface area contributed by atoms with E-state index in [1.807, 2.05) is 20.8 Å². The average Bonchev–Trinajstić information content (AvgIpc) is 2.75. The second-order valence-corrected chi connectivity index (χ2v) is 5.58. The lowest BCUT2D eigenvalue weighted by Crippen LogP contribution is -2.38. The SMILES string of the molecule is CCc1cn([C@@H]2O[C@H](CC)[C@H](C)C2OC(C)=O)c(=O)[nH]c1=O. The van der Waals surface area contributed by atoms with Gasteiger partial charge in [0.1, 0.15) is 0 Å². The molecule has 1 aliphatic rings. The van der Waals surface area contributed by atoms with E-state index >= 15 is 0 Å². The molecule has 2 rings (SSSR count). The molecule has 1 unspecified atom stereocenters. The molecule has 1 aromatic rings. The van der Waals surface area contributed by atoms with Gasteiger partial charge in [-0.25, -0.2) is 4.79 Å². The molecule has 1 saturated heterocycles. The Bertz CT molecular complexity index is 663. The van der Waals surface area contributed by atoms with Gasteiger partial charge in [0, 0.05) is 24.6 Å². The smallest absolute Gasteiger partial charge is 0.330 e. The molecule has 7 nitrogen and oxygen atoms in total. The molecule has 4 atom stereocenters. The maximum absolute atomic E-state index is 12.1. The summed E-state index contributed by atoms with van der Waals surface area (Å²) < 4.78 is 12.6. The number of nitrogens with zero attached hydrogens (tertiary/aromatic N) is 1. The van der Waals surface area contributed by atoms with Crippen molar-refractivity contribution in [1.29, 1.82) is 0 Å². The van der Waals surface area contributed by atoms with Crippen molar-refractivity contribution in [3.05, 3.63) is 32.6 Å². The van der Waals surface area contributed by atoms with Gasteiger partial charge in [0.2, 0.25) is 0 Å². The minimum Gasteiger partial charge on any atom is -0.457 e. The van der Waals surface area contributed by atoms with Crippen LogP contribution in [0, 0.1) is 5.92 Å². The highest BCUT2D eigenvalue weighted by atomic mass is 16.6. The summed E-state index contributed by atoms with van der Waals surface area (Å²) in [4.78, 5) is 37.4. The van der Waals surface area contributed by atoms with Crippen LogP contribution in [0.3, 0.4) is 0 Å². The van der Waals surface area contributed by atoms with E-state index < -0.39 is 29.6 Å². The standard InChI is InChI=1S/C15H22N2O5/c1-5-10-7-17(15(20)16-13(10)19)14-12(21-9(4)18)8(3)11(6-2)22-14/h7-8,11-12,14H,5-6H2,1-4H3,(H,16,19,20)/t8-,11+,12?,14+/m0/s1. The molecule has 7 heteroatoms. The number of esters is 1. The zero-order chi connectivity index (χ0) is 16.4. The zero-order valence-electron chi connectivity index (χ0n) is 13.3. The molecule has 0 aliphatic carbocycles. The van der Waals surface area contributed by atoms with Gasteiger partial charge in [-0.15, -0.1) is 0 Å². The number of hydrogen-bond acceptors (Lipinski definition) is 5. The number of aromatic nitrogens is 2. The second kappa shape index (κ2) is 6.48. The molecule has 122 valence electrons. The fraction of sp³-hybridized carbons (Fsp3) is 0.667. The molecule has 2 heterocycles. The van der Waals surface area contributed by atoms with E-state index in [0.717, 1.165) is 6.42 Å². The maximum Gasteiger partial charge on any atom is 0.330 e. The largest absolute Gasteiger partial charge is 0.457 e. The van der Waals surface area contributed by atoms with E-state index in [0.29, 0.717) is 12.0 Å². The van der Waals surface area contributed by atoms with Crippen molar-refractivity contribution in [1.82, 2.24) is 9.55 Å². The number of hydrogen-bond donors (Lipinski definition) is 1. The first-order chi connectivity index (χ1) is 10.4. The summed E-state index contributed by atoms with van der Waals surface area (Å²) in [5.74, 6) is -0.460. The van der Waals surface area contributed by atoms with Crippen LogP contribution in [0.2, 0.25) is 0 Å². The van der Waals surface area contributed by atoms with Gasteiger partial charge in [-0.05, 0) is 12.8 Å². The van der Waals surface area contributed by atoms with Crippen molar-refractivity contribution in [3.63, 3.8) is 0 Å². The van der Waals surface area contributed by atoms with E-state index in [2.05, 4.69) is 4.98 Å². The number of nitrogens with one attached hydrogen (secondary N) is 1. The summed E-state index contributed by atoms with van der Waals surface area (Å²) in [5.41, 5.74) is -0.475. The third-order valence-corrected chi connectivity index (χ3v) is 4.10. The van der Waals surface area contributed by atoms with Gasteiger partial charge in [-0.2, -0.15) is 0 Å². The zero-order valence-corrected chi connectivity index (χ0v) is 13.3. The third-order valence-electron chi connectivity index (χ3n) is 4.10. The number of rotatable bonds is 4. The molecule has 0 bridgehead atoms. The van der Waals surface area contributed by atoms with E-state index in [-0.39, 0.29) is 12.0 Å². The van der Waals surface area contributed by atoms with Gasteiger partial charge in [0.15, 0.2) is 12.3 Å². The molecule has 0 radical (unpaired) electrons. The Balaban J connectivity index is 2.46. The highest BCUT2D eigenvalue weighted by Crippen LogP contribution is 2.36. The van der Waals surface area contributed by atoms with E-state index in [4.69, 9.17) is 9.47 Å². The summed E-state index contributed by atoms with van der Waals surface area (Å²) >= 11 is 0. The van der Waals surface area contributed by atoms with Gasteiger partial charge in [-0.3, -0.25) is 19.1 Å². The quantitative estimate of drug-likeness (QED) is 0.837. The van der Waals surface area contributed by atoms with Gasteiger partial charge >= 0.3 is 11.7 Å². The summed E-state index contributed by atoms with van der Waals surface area (Å²) in [6.45, 7) is 7.06. The van der Waals surface area contributed by atoms with Crippen molar-refractivity contribution >= 4 is 5.97 Å². The summed E-state index contributed by atoms with van der Waals surface area (Å²) in [6, 6.07) is 0. The first-order valence-electron chi connectivity index (χ1n) is 7.56. The van der Waals surface area contributed by atoms with Crippen LogP contribution in [-0.2, 0) is 20.7 Å². The number of aryl methyl sites for hydroxylation is 1. The molecule has 22 heavy (non-hydrogen) atoms. The van der Waals surface area contributed by atoms with Gasteiger partial charge < -0.3 is 9.47 Å². The monoisotopic (exact) mass is 310 g/mol. The van der Waals surface area contributed by atoms with Crippen LogP contribution in [-0.4, -0.2) is 27.7 Å². The molecule has 0 saturated carbocycles. The van der Waals surface area contributed by atoms with Crippen molar-refractivity contribution in [3.8, 4) is 0 Å². The van der Waals surface area contributed by atoms with E-state index in [1.54, 1.807) is 0 Å². The molecule has 1 aliphatic heterocycles. The minimum atomic E-state index is -0.724. The Morgan fingerprint density at radius 3 is 2.64 bits per heavy atom. The van der Waals surface area contributed by atoms with Crippen molar-refractivity contribution in [2.45, 2.75) is 59.0 Å². The summed E-state index contributed by atoms with van der Waals surface area (Å²) in [6.07, 6.45) is 1.33. The molecule has 0 amide bonds. The number of ether oxygens (including phenoxy) is 2. The fourth-order valence-corrected chi connectivity index (χ4v) is 2.87. The van der Waals surface area contributed by atoms with Crippen LogP contribution in [0.4, 0.5) is 0 Å². The number of aromatic amines is 1. The molecule has 0 aromatic carbocycles. The Hall–Kier alpha value is -1.89. The molecular weight excluding hydrogens is 288 g/mol. The molecule has 1 fully saturated rings. The normalized spacial score (nSPS) is 27.8. The molecule has 0 spiro atoms. The van der Waals surface area contributed by atoms with Crippen LogP contribution in [0.5, 0.6) is 0 Å². The van der Waals surface area contributed by atoms with Gasteiger partial charge in [0.25, 0.3) is 5.56 Å². The van der Waals surface area contributed by atoms with Crippen molar-refractivity contribution in [2.24, 2.45) is 5.92 Å². The third kappa shape index (κ3) is 2.99.